The van der Waals surface area contributed by atoms with Gasteiger partial charge in [0, 0.05) is 19.2 Å². The Hall–Kier alpha value is -1.50. The van der Waals surface area contributed by atoms with E-state index in [0.29, 0.717) is 6.54 Å². The Balaban J connectivity index is 3.09. The van der Waals surface area contributed by atoms with Crippen LogP contribution in [0.4, 0.5) is 5.69 Å². The summed E-state index contributed by atoms with van der Waals surface area (Å²) in [5.41, 5.74) is -1.16. The maximum absolute atomic E-state index is 11.3. The van der Waals surface area contributed by atoms with Crippen LogP contribution >= 0.6 is 15.9 Å². The van der Waals surface area contributed by atoms with Crippen LogP contribution in [-0.4, -0.2) is 15.3 Å². The van der Waals surface area contributed by atoms with Gasteiger partial charge in [-0.2, -0.15) is 0 Å². The van der Waals surface area contributed by atoms with E-state index in [1.54, 1.807) is 0 Å². The molecule has 86 valence electrons. The lowest BCUT2D eigenvalue weighted by molar-refractivity contribution is -0.386. The predicted molar refractivity (Wildman–Crippen MR) is 60.4 cm³/mol. The monoisotopic (exact) mass is 288 g/mol. The van der Waals surface area contributed by atoms with E-state index in [2.05, 4.69) is 15.9 Å². The molecule has 0 spiro atoms. The van der Waals surface area contributed by atoms with E-state index in [1.807, 2.05) is 0 Å². The summed E-state index contributed by atoms with van der Waals surface area (Å²) in [7, 11) is 0. The Bertz CT molecular complexity index is 495. The minimum absolute atomic E-state index is 0.0162. The number of halogens is 1. The van der Waals surface area contributed by atoms with Gasteiger partial charge in [-0.3, -0.25) is 19.7 Å². The van der Waals surface area contributed by atoms with Crippen molar-refractivity contribution >= 4 is 27.4 Å². The van der Waals surface area contributed by atoms with Crippen LogP contribution in [-0.2, 0) is 11.3 Å². The van der Waals surface area contributed by atoms with E-state index < -0.39 is 16.0 Å². The van der Waals surface area contributed by atoms with E-state index >= 15 is 0 Å². The number of aryl methyl sites for hydroxylation is 1. The number of hydrogen-bond donors (Lipinski definition) is 0. The van der Waals surface area contributed by atoms with Crippen molar-refractivity contribution in [1.82, 2.24) is 4.57 Å². The number of aromatic nitrogens is 1. The molecule has 1 rings (SSSR count). The van der Waals surface area contributed by atoms with Crippen molar-refractivity contribution in [3.63, 3.8) is 0 Å². The van der Waals surface area contributed by atoms with Gasteiger partial charge < -0.3 is 4.57 Å². The predicted octanol–water partition coefficient (Wildman–Crippen LogP) is 1.50. The average Bonchev–Trinajstić information content (AvgIpc) is 2.19. The summed E-state index contributed by atoms with van der Waals surface area (Å²) in [6.07, 6.45) is 2.83. The molecule has 0 saturated heterocycles. The Kier molecular flexibility index (Phi) is 3.94. The summed E-state index contributed by atoms with van der Waals surface area (Å²) < 4.78 is 1.57. The lowest BCUT2D eigenvalue weighted by Gasteiger charge is -2.04. The third-order valence-corrected chi connectivity index (χ3v) is 2.50. The molecule has 16 heavy (non-hydrogen) atoms. The fourth-order valence-corrected chi connectivity index (χ4v) is 1.59. The van der Waals surface area contributed by atoms with Gasteiger partial charge in [-0.25, -0.2) is 0 Å². The summed E-state index contributed by atoms with van der Waals surface area (Å²) in [5.74, 6) is -0.0162. The van der Waals surface area contributed by atoms with Crippen LogP contribution in [0.1, 0.15) is 13.3 Å². The van der Waals surface area contributed by atoms with Crippen LogP contribution < -0.4 is 5.43 Å². The lowest BCUT2D eigenvalue weighted by Crippen LogP contribution is -2.14. The molecule has 0 aliphatic rings. The highest BCUT2D eigenvalue weighted by atomic mass is 79.9. The Morgan fingerprint density at radius 3 is 2.69 bits per heavy atom. The van der Waals surface area contributed by atoms with Gasteiger partial charge in [0.1, 0.15) is 5.78 Å². The van der Waals surface area contributed by atoms with Gasteiger partial charge in [-0.05, 0) is 22.9 Å². The maximum Gasteiger partial charge on any atom is 0.333 e. The first kappa shape index (κ1) is 12.6. The Labute approximate surface area is 99.2 Å². The largest absolute Gasteiger partial charge is 0.346 e. The molecule has 1 heterocycles. The van der Waals surface area contributed by atoms with Crippen LogP contribution in [0.15, 0.2) is 21.7 Å². The van der Waals surface area contributed by atoms with Crippen LogP contribution in [0, 0.1) is 10.1 Å². The highest BCUT2D eigenvalue weighted by Crippen LogP contribution is 2.11. The summed E-state index contributed by atoms with van der Waals surface area (Å²) in [5, 5.41) is 10.6. The number of pyridine rings is 1. The summed E-state index contributed by atoms with van der Waals surface area (Å²) in [6, 6.07) is 0. The molecule has 0 unspecified atom stereocenters. The van der Waals surface area contributed by atoms with Gasteiger partial charge in [-0.1, -0.05) is 0 Å². The van der Waals surface area contributed by atoms with E-state index in [-0.39, 0.29) is 16.7 Å². The highest BCUT2D eigenvalue weighted by Gasteiger charge is 2.15. The maximum atomic E-state index is 11.3. The zero-order valence-electron chi connectivity index (χ0n) is 8.47. The second-order valence-corrected chi connectivity index (χ2v) is 4.12. The van der Waals surface area contributed by atoms with Crippen molar-refractivity contribution < 1.29 is 9.72 Å². The Morgan fingerprint density at radius 2 is 2.19 bits per heavy atom. The van der Waals surface area contributed by atoms with Crippen LogP contribution in [0.3, 0.4) is 0 Å². The van der Waals surface area contributed by atoms with Crippen molar-refractivity contribution in [1.29, 1.82) is 0 Å². The third kappa shape index (κ3) is 2.99. The van der Waals surface area contributed by atoms with Gasteiger partial charge in [0.05, 0.1) is 15.6 Å². The number of nitrogens with zero attached hydrogens (tertiary/aromatic N) is 2. The zero-order valence-corrected chi connectivity index (χ0v) is 10.1. The molecule has 0 radical (unpaired) electrons. The third-order valence-electron chi connectivity index (χ3n) is 1.94. The van der Waals surface area contributed by atoms with Crippen LogP contribution in [0.25, 0.3) is 0 Å². The molecule has 1 aromatic rings. The first-order chi connectivity index (χ1) is 7.41. The lowest BCUT2D eigenvalue weighted by atomic mass is 10.3. The van der Waals surface area contributed by atoms with Gasteiger partial charge in [-0.15, -0.1) is 0 Å². The average molecular weight is 289 g/mol. The quantitative estimate of drug-likeness (QED) is 0.621. The standard InChI is InChI=1S/C9H9BrN2O4/c1-6(13)2-3-11-4-7(10)9(14)8(5-11)12(15)16/h4-5H,2-3H2,1H3. The van der Waals surface area contributed by atoms with E-state index in [1.165, 1.54) is 17.7 Å². The second kappa shape index (κ2) is 5.02. The molecule has 0 fully saturated rings. The summed E-state index contributed by atoms with van der Waals surface area (Å²) in [4.78, 5) is 31.9. The molecule has 7 heteroatoms. The number of ketones is 1. The molecule has 0 aliphatic carbocycles. The fraction of sp³-hybridized carbons (Fsp3) is 0.333. The Morgan fingerprint density at radius 1 is 1.56 bits per heavy atom. The van der Waals surface area contributed by atoms with Crippen LogP contribution in [0.2, 0.25) is 0 Å². The first-order valence-corrected chi connectivity index (χ1v) is 5.24. The van der Waals surface area contributed by atoms with Crippen LogP contribution in [0.5, 0.6) is 0 Å². The topological polar surface area (TPSA) is 82.2 Å². The highest BCUT2D eigenvalue weighted by molar-refractivity contribution is 9.10. The van der Waals surface area contributed by atoms with Crippen molar-refractivity contribution in [2.24, 2.45) is 0 Å². The van der Waals surface area contributed by atoms with Crippen molar-refractivity contribution in [3.05, 3.63) is 37.2 Å². The molecule has 0 N–H and O–H groups in total. The van der Waals surface area contributed by atoms with Crippen molar-refractivity contribution in [2.75, 3.05) is 0 Å². The zero-order chi connectivity index (χ0) is 12.3. The van der Waals surface area contributed by atoms with Crippen molar-refractivity contribution in [2.45, 2.75) is 19.9 Å². The molecule has 0 amide bonds. The first-order valence-electron chi connectivity index (χ1n) is 4.45. The number of hydrogen-bond acceptors (Lipinski definition) is 4. The number of Topliss-reactive ketones (excluding diaryl/α,β-unsaturated/α-hetero) is 1. The minimum atomic E-state index is -0.739. The molecule has 1 aromatic heterocycles. The molecule has 0 aromatic carbocycles. The number of carbonyl (C=O) groups is 1. The number of nitro groups is 1. The van der Waals surface area contributed by atoms with E-state index in [4.69, 9.17) is 0 Å². The molecule has 0 saturated carbocycles. The van der Waals surface area contributed by atoms with Crippen molar-refractivity contribution in [3.8, 4) is 0 Å². The summed E-state index contributed by atoms with van der Waals surface area (Å²) >= 11 is 2.95. The van der Waals surface area contributed by atoms with E-state index in [0.717, 1.165) is 6.20 Å². The summed E-state index contributed by atoms with van der Waals surface area (Å²) in [6.45, 7) is 1.75. The molecule has 6 nitrogen and oxygen atoms in total. The van der Waals surface area contributed by atoms with Gasteiger partial charge >= 0.3 is 5.69 Å². The molecular formula is C9H9BrN2O4. The van der Waals surface area contributed by atoms with Gasteiger partial charge in [0.25, 0.3) is 5.43 Å². The van der Waals surface area contributed by atoms with Gasteiger partial charge in [0.2, 0.25) is 0 Å². The SMILES string of the molecule is CC(=O)CCn1cc(Br)c(=O)c([N+](=O)[O-])c1. The minimum Gasteiger partial charge on any atom is -0.346 e. The fourth-order valence-electron chi connectivity index (χ4n) is 1.13. The van der Waals surface area contributed by atoms with E-state index in [9.17, 15) is 19.7 Å². The second-order valence-electron chi connectivity index (χ2n) is 3.27. The molecule has 0 bridgehead atoms. The van der Waals surface area contributed by atoms with Gasteiger partial charge in [0.15, 0.2) is 0 Å². The smallest absolute Gasteiger partial charge is 0.333 e. The normalized spacial score (nSPS) is 10.1. The number of rotatable bonds is 4. The molecule has 0 atom stereocenters. The number of carbonyl (C=O) groups excluding carboxylic acids is 1. The molecular weight excluding hydrogens is 280 g/mol. The molecule has 0 aliphatic heterocycles.